The van der Waals surface area contributed by atoms with Gasteiger partial charge in [-0.15, -0.1) is 0 Å². The van der Waals surface area contributed by atoms with Crippen LogP contribution in [-0.4, -0.2) is 44.2 Å². The number of carbonyl (C=O) groups is 1. The average molecular weight is 594 g/mol. The number of anilines is 3. The minimum Gasteiger partial charge on any atom is -0.390 e. The molecule has 8 nitrogen and oxygen atoms in total. The number of piperidine rings is 1. The molecule has 0 spiro atoms. The fourth-order valence-corrected chi connectivity index (χ4v) is 5.46. The van der Waals surface area contributed by atoms with Crippen molar-refractivity contribution in [1.29, 1.82) is 0 Å². The first kappa shape index (κ1) is 31.2. The Hall–Kier alpha value is -4.27. The van der Waals surface area contributed by atoms with Gasteiger partial charge in [0.1, 0.15) is 0 Å². The molecule has 1 amide bonds. The highest BCUT2D eigenvalue weighted by Gasteiger charge is 2.27. The Morgan fingerprint density at radius 3 is 2.30 bits per heavy atom. The number of nitrogens with one attached hydrogen (secondary N) is 2. The maximum Gasteiger partial charge on any atom is 0.293 e. The molecule has 44 heavy (non-hydrogen) atoms. The van der Waals surface area contributed by atoms with Crippen LogP contribution in [0.25, 0.3) is 11.3 Å². The van der Waals surface area contributed by atoms with Gasteiger partial charge in [-0.1, -0.05) is 57.2 Å². The monoisotopic (exact) mass is 593 g/mol. The summed E-state index contributed by atoms with van der Waals surface area (Å²) in [6.07, 6.45) is 3.27. The summed E-state index contributed by atoms with van der Waals surface area (Å²) in [4.78, 5) is 33.2. The van der Waals surface area contributed by atoms with Gasteiger partial charge in [0.05, 0.1) is 11.3 Å². The Bertz CT molecular complexity index is 1690. The van der Waals surface area contributed by atoms with Gasteiger partial charge in [-0.05, 0) is 79.1 Å². The van der Waals surface area contributed by atoms with Gasteiger partial charge < -0.3 is 20.3 Å². The van der Waals surface area contributed by atoms with Crippen molar-refractivity contribution in [3.63, 3.8) is 0 Å². The van der Waals surface area contributed by atoms with Crippen molar-refractivity contribution >= 4 is 23.1 Å². The molecule has 4 aromatic rings. The third-order valence-corrected chi connectivity index (χ3v) is 8.50. The third-order valence-electron chi connectivity index (χ3n) is 8.50. The maximum atomic E-state index is 13.1. The van der Waals surface area contributed by atoms with Gasteiger partial charge in [-0.2, -0.15) is 0 Å². The first-order chi connectivity index (χ1) is 20.8. The van der Waals surface area contributed by atoms with Gasteiger partial charge in [0.25, 0.3) is 11.5 Å². The summed E-state index contributed by atoms with van der Waals surface area (Å²) >= 11 is 0. The molecule has 2 heterocycles. The second-order valence-electron chi connectivity index (χ2n) is 13.2. The molecule has 8 heteroatoms. The SMILES string of the molecule is Cc1c(NC(=O)c2ccc(C(C)(C)C)cc2)cccc1-c1cn(C)c(=O)c(Nc2ccc(CN3CCC(C)(O)CC3)cc2)n1. The Kier molecular flexibility index (Phi) is 8.77. The zero-order valence-corrected chi connectivity index (χ0v) is 26.6. The summed E-state index contributed by atoms with van der Waals surface area (Å²) in [6, 6.07) is 21.4. The molecule has 1 fully saturated rings. The number of rotatable bonds is 7. The van der Waals surface area contributed by atoms with Gasteiger partial charge in [-0.3, -0.25) is 14.5 Å². The molecular weight excluding hydrogens is 550 g/mol. The van der Waals surface area contributed by atoms with Crippen LogP contribution in [0.3, 0.4) is 0 Å². The first-order valence-electron chi connectivity index (χ1n) is 15.2. The van der Waals surface area contributed by atoms with Crippen LogP contribution in [0.15, 0.2) is 77.7 Å². The average Bonchev–Trinajstić information content (AvgIpc) is 2.98. The van der Waals surface area contributed by atoms with E-state index in [9.17, 15) is 14.7 Å². The molecular formula is C36H43N5O3. The summed E-state index contributed by atoms with van der Waals surface area (Å²) < 4.78 is 1.52. The number of hydrogen-bond acceptors (Lipinski definition) is 6. The lowest BCUT2D eigenvalue weighted by Crippen LogP contribution is -2.41. The number of aryl methyl sites for hydroxylation is 1. The van der Waals surface area contributed by atoms with Crippen molar-refractivity contribution in [2.45, 2.75) is 65.0 Å². The Labute approximate surface area is 259 Å². The van der Waals surface area contributed by atoms with Crippen LogP contribution in [0.5, 0.6) is 0 Å². The summed E-state index contributed by atoms with van der Waals surface area (Å²) in [7, 11) is 1.71. The molecule has 0 radical (unpaired) electrons. The minimum atomic E-state index is -0.565. The number of nitrogens with zero attached hydrogens (tertiary/aromatic N) is 3. The number of carbonyl (C=O) groups excluding carboxylic acids is 1. The zero-order valence-electron chi connectivity index (χ0n) is 26.6. The van der Waals surface area contributed by atoms with E-state index in [1.165, 1.54) is 15.7 Å². The lowest BCUT2D eigenvalue weighted by molar-refractivity contribution is -0.00730. The molecule has 1 aromatic heterocycles. The lowest BCUT2D eigenvalue weighted by Gasteiger charge is -2.35. The van der Waals surface area contributed by atoms with Crippen LogP contribution in [0.2, 0.25) is 0 Å². The molecule has 0 atom stereocenters. The first-order valence-corrected chi connectivity index (χ1v) is 15.2. The van der Waals surface area contributed by atoms with E-state index in [4.69, 9.17) is 4.98 Å². The fraction of sp³-hybridized carbons (Fsp3) is 0.361. The summed E-state index contributed by atoms with van der Waals surface area (Å²) in [5.41, 5.74) is 5.89. The highest BCUT2D eigenvalue weighted by molar-refractivity contribution is 6.05. The zero-order chi connectivity index (χ0) is 31.6. The molecule has 3 N–H and O–H groups in total. The van der Waals surface area contributed by atoms with Crippen molar-refractivity contribution in [1.82, 2.24) is 14.5 Å². The topological polar surface area (TPSA) is 99.5 Å². The molecule has 0 bridgehead atoms. The van der Waals surface area contributed by atoms with E-state index in [0.717, 1.165) is 49.3 Å². The van der Waals surface area contributed by atoms with E-state index >= 15 is 0 Å². The summed E-state index contributed by atoms with van der Waals surface area (Å²) in [5.74, 6) is 0.0425. The molecule has 230 valence electrons. The number of likely N-dealkylation sites (tertiary alicyclic amines) is 1. The van der Waals surface area contributed by atoms with Crippen molar-refractivity contribution < 1.29 is 9.90 Å². The fourth-order valence-electron chi connectivity index (χ4n) is 5.46. The number of hydrogen-bond donors (Lipinski definition) is 3. The van der Waals surface area contributed by atoms with E-state index in [0.29, 0.717) is 16.9 Å². The Morgan fingerprint density at radius 2 is 1.66 bits per heavy atom. The predicted octanol–water partition coefficient (Wildman–Crippen LogP) is 6.40. The molecule has 1 saturated heterocycles. The Morgan fingerprint density at radius 1 is 1.00 bits per heavy atom. The van der Waals surface area contributed by atoms with Crippen LogP contribution in [0.1, 0.15) is 67.6 Å². The highest BCUT2D eigenvalue weighted by atomic mass is 16.3. The number of aromatic nitrogens is 2. The number of benzene rings is 3. The number of amides is 1. The standard InChI is InChI=1S/C36H43N5O3/c1-24-29(8-7-9-30(24)39-33(42)26-12-14-27(15-13-26)35(2,3)4)31-23-40(6)34(43)32(38-31)37-28-16-10-25(11-17-28)22-41-20-18-36(5,44)19-21-41/h7-17,23,44H,18-22H2,1-6H3,(H,37,38)(H,39,42). The lowest BCUT2D eigenvalue weighted by atomic mass is 9.86. The largest absolute Gasteiger partial charge is 0.390 e. The van der Waals surface area contributed by atoms with Gasteiger partial charge in [-0.25, -0.2) is 4.98 Å². The van der Waals surface area contributed by atoms with Gasteiger partial charge >= 0.3 is 0 Å². The normalized spacial score (nSPS) is 15.2. The summed E-state index contributed by atoms with van der Waals surface area (Å²) in [6.45, 7) is 12.8. The minimum absolute atomic E-state index is 0.0115. The van der Waals surface area contributed by atoms with Crippen molar-refractivity contribution in [3.8, 4) is 11.3 Å². The second-order valence-corrected chi connectivity index (χ2v) is 13.2. The van der Waals surface area contributed by atoms with Crippen molar-refractivity contribution in [2.24, 2.45) is 7.05 Å². The molecule has 0 unspecified atom stereocenters. The molecule has 0 aliphatic carbocycles. The smallest absolute Gasteiger partial charge is 0.293 e. The molecule has 0 saturated carbocycles. The van der Waals surface area contributed by atoms with E-state index < -0.39 is 5.60 Å². The maximum absolute atomic E-state index is 13.1. The van der Waals surface area contributed by atoms with Crippen molar-refractivity contribution in [2.75, 3.05) is 23.7 Å². The van der Waals surface area contributed by atoms with Crippen LogP contribution in [0, 0.1) is 6.92 Å². The third kappa shape index (κ3) is 7.26. The van der Waals surface area contributed by atoms with E-state index in [1.807, 2.05) is 68.4 Å². The summed E-state index contributed by atoms with van der Waals surface area (Å²) in [5, 5.41) is 16.5. The van der Waals surface area contributed by atoms with Crippen LogP contribution >= 0.6 is 0 Å². The molecule has 1 aliphatic heterocycles. The van der Waals surface area contributed by atoms with E-state index in [-0.39, 0.29) is 22.7 Å². The van der Waals surface area contributed by atoms with Crippen molar-refractivity contribution in [3.05, 3.63) is 106 Å². The predicted molar refractivity (Wildman–Crippen MR) is 178 cm³/mol. The van der Waals surface area contributed by atoms with E-state index in [1.54, 1.807) is 13.2 Å². The molecule has 5 rings (SSSR count). The van der Waals surface area contributed by atoms with Gasteiger partial charge in [0.15, 0.2) is 5.82 Å². The van der Waals surface area contributed by atoms with Crippen LogP contribution in [0.4, 0.5) is 17.2 Å². The second kappa shape index (κ2) is 12.4. The van der Waals surface area contributed by atoms with Crippen LogP contribution in [-0.2, 0) is 19.0 Å². The van der Waals surface area contributed by atoms with Gasteiger partial charge in [0, 0.05) is 55.4 Å². The molecule has 1 aliphatic rings. The quantitative estimate of drug-likeness (QED) is 0.230. The van der Waals surface area contributed by atoms with E-state index in [2.05, 4.69) is 48.4 Å². The molecule has 3 aromatic carbocycles. The van der Waals surface area contributed by atoms with Crippen LogP contribution < -0.4 is 16.2 Å². The number of aliphatic hydroxyl groups is 1. The highest BCUT2D eigenvalue weighted by Crippen LogP contribution is 2.29. The Balaban J connectivity index is 1.32. The van der Waals surface area contributed by atoms with Gasteiger partial charge in [0.2, 0.25) is 0 Å².